The summed E-state index contributed by atoms with van der Waals surface area (Å²) in [7, 11) is 1.90. The highest BCUT2D eigenvalue weighted by atomic mass is 35.5. The predicted molar refractivity (Wildman–Crippen MR) is 79.2 cm³/mol. The molecule has 0 bridgehead atoms. The Balaban J connectivity index is 0.00000324. The summed E-state index contributed by atoms with van der Waals surface area (Å²) in [6, 6.07) is -0.395. The molecule has 1 aromatic rings. The first-order valence-electron chi connectivity index (χ1n) is 6.55. The van der Waals surface area contributed by atoms with Crippen molar-refractivity contribution in [2.24, 2.45) is 18.7 Å². The molecule has 0 spiro atoms. The largest absolute Gasteiger partial charge is 0.355 e. The van der Waals surface area contributed by atoms with Crippen LogP contribution in [0.15, 0.2) is 12.4 Å². The van der Waals surface area contributed by atoms with Crippen molar-refractivity contribution in [3.63, 3.8) is 0 Å². The van der Waals surface area contributed by atoms with Crippen LogP contribution in [-0.2, 0) is 18.3 Å². The van der Waals surface area contributed by atoms with Gasteiger partial charge in [0, 0.05) is 19.8 Å². The molecule has 1 rings (SSSR count). The van der Waals surface area contributed by atoms with E-state index in [1.807, 2.05) is 33.3 Å². The Bertz CT molecular complexity index is 380. The fourth-order valence-electron chi connectivity index (χ4n) is 1.74. The molecule has 0 aliphatic rings. The molecule has 0 aromatic carbocycles. The smallest absolute Gasteiger partial charge is 0.237 e. The first-order chi connectivity index (χ1) is 8.54. The number of nitrogens with zero attached hydrogens (tertiary/aromatic N) is 2. The van der Waals surface area contributed by atoms with Gasteiger partial charge >= 0.3 is 0 Å². The lowest BCUT2D eigenvalue weighted by atomic mass is 9.99. The maximum Gasteiger partial charge on any atom is 0.237 e. The summed E-state index contributed by atoms with van der Waals surface area (Å²) in [6.45, 7) is 4.71. The Hall–Kier alpha value is -1.07. The lowest BCUT2D eigenvalue weighted by Gasteiger charge is -2.17. The zero-order chi connectivity index (χ0) is 13.5. The average molecular weight is 289 g/mol. The molecule has 0 unspecified atom stereocenters. The van der Waals surface area contributed by atoms with Crippen LogP contribution in [0.4, 0.5) is 0 Å². The summed E-state index contributed by atoms with van der Waals surface area (Å²) in [5, 5.41) is 6.99. The number of hydrogen-bond donors (Lipinski definition) is 2. The molecule has 0 saturated heterocycles. The Labute approximate surface area is 121 Å². The topological polar surface area (TPSA) is 72.9 Å². The Kier molecular flexibility index (Phi) is 8.43. The molecule has 5 nitrogen and oxygen atoms in total. The van der Waals surface area contributed by atoms with Crippen LogP contribution in [-0.4, -0.2) is 28.3 Å². The van der Waals surface area contributed by atoms with Gasteiger partial charge in [-0.15, -0.1) is 12.4 Å². The highest BCUT2D eigenvalue weighted by Crippen LogP contribution is 2.05. The minimum atomic E-state index is -0.395. The van der Waals surface area contributed by atoms with Crippen LogP contribution in [0.25, 0.3) is 0 Å². The number of carbonyl (C=O) groups excluding carboxylic acids is 1. The Morgan fingerprint density at radius 1 is 1.58 bits per heavy atom. The summed E-state index contributed by atoms with van der Waals surface area (Å²) < 4.78 is 1.78. The lowest BCUT2D eigenvalue weighted by Crippen LogP contribution is -2.44. The van der Waals surface area contributed by atoms with Gasteiger partial charge in [-0.3, -0.25) is 9.48 Å². The highest BCUT2D eigenvalue weighted by Gasteiger charge is 2.18. The van der Waals surface area contributed by atoms with Crippen molar-refractivity contribution >= 4 is 18.3 Å². The quantitative estimate of drug-likeness (QED) is 0.742. The first kappa shape index (κ1) is 17.9. The van der Waals surface area contributed by atoms with Crippen molar-refractivity contribution in [3.05, 3.63) is 18.0 Å². The zero-order valence-electron chi connectivity index (χ0n) is 11.9. The van der Waals surface area contributed by atoms with E-state index in [9.17, 15) is 4.79 Å². The van der Waals surface area contributed by atoms with E-state index in [1.165, 1.54) is 5.56 Å². The number of nitrogens with one attached hydrogen (secondary N) is 1. The number of nitrogens with two attached hydrogens (primary N) is 1. The van der Waals surface area contributed by atoms with E-state index in [0.717, 1.165) is 19.3 Å². The second-order valence-electron chi connectivity index (χ2n) is 4.83. The summed E-state index contributed by atoms with van der Waals surface area (Å²) >= 11 is 0. The summed E-state index contributed by atoms with van der Waals surface area (Å²) in [6.07, 6.45) is 6.60. The third kappa shape index (κ3) is 6.07. The SMILES string of the molecule is CC[C@H](C)[C@H](N)C(=O)NCCCc1cnn(C)c1.Cl. The number of carbonyl (C=O) groups is 1. The molecule has 2 atom stereocenters. The number of halogens is 1. The summed E-state index contributed by atoms with van der Waals surface area (Å²) in [5.74, 6) is 0.180. The molecular weight excluding hydrogens is 264 g/mol. The van der Waals surface area contributed by atoms with Gasteiger partial charge in [0.05, 0.1) is 12.2 Å². The minimum Gasteiger partial charge on any atom is -0.355 e. The van der Waals surface area contributed by atoms with Crippen LogP contribution in [0.2, 0.25) is 0 Å². The number of amides is 1. The highest BCUT2D eigenvalue weighted by molar-refractivity contribution is 5.85. The Morgan fingerprint density at radius 2 is 2.26 bits per heavy atom. The number of aryl methyl sites for hydroxylation is 2. The molecule has 1 aromatic heterocycles. The van der Waals surface area contributed by atoms with E-state index in [0.29, 0.717) is 6.54 Å². The second kappa shape index (κ2) is 8.93. The van der Waals surface area contributed by atoms with Gasteiger partial charge in [0.25, 0.3) is 0 Å². The minimum absolute atomic E-state index is 0. The van der Waals surface area contributed by atoms with E-state index >= 15 is 0 Å². The molecule has 0 radical (unpaired) electrons. The van der Waals surface area contributed by atoms with Crippen LogP contribution < -0.4 is 11.1 Å². The second-order valence-corrected chi connectivity index (χ2v) is 4.83. The molecule has 0 saturated carbocycles. The molecule has 6 heteroatoms. The van der Waals surface area contributed by atoms with Gasteiger partial charge in [-0.1, -0.05) is 20.3 Å². The molecule has 19 heavy (non-hydrogen) atoms. The van der Waals surface area contributed by atoms with Crippen molar-refractivity contribution in [1.82, 2.24) is 15.1 Å². The average Bonchev–Trinajstić information content (AvgIpc) is 2.78. The van der Waals surface area contributed by atoms with Gasteiger partial charge in [-0.25, -0.2) is 0 Å². The number of aromatic nitrogens is 2. The van der Waals surface area contributed by atoms with Crippen molar-refractivity contribution < 1.29 is 4.79 Å². The fraction of sp³-hybridized carbons (Fsp3) is 0.692. The maximum absolute atomic E-state index is 11.7. The third-order valence-electron chi connectivity index (χ3n) is 3.26. The molecule has 0 fully saturated rings. The molecule has 0 aliphatic carbocycles. The third-order valence-corrected chi connectivity index (χ3v) is 3.26. The lowest BCUT2D eigenvalue weighted by molar-refractivity contribution is -0.123. The van der Waals surface area contributed by atoms with Gasteiger partial charge in [-0.2, -0.15) is 5.10 Å². The van der Waals surface area contributed by atoms with Gasteiger partial charge in [0.1, 0.15) is 0 Å². The van der Waals surface area contributed by atoms with Crippen LogP contribution in [0.1, 0.15) is 32.3 Å². The van der Waals surface area contributed by atoms with E-state index in [1.54, 1.807) is 4.68 Å². The van der Waals surface area contributed by atoms with E-state index in [-0.39, 0.29) is 24.2 Å². The van der Waals surface area contributed by atoms with Crippen LogP contribution in [0.3, 0.4) is 0 Å². The van der Waals surface area contributed by atoms with Gasteiger partial charge in [-0.05, 0) is 24.3 Å². The monoisotopic (exact) mass is 288 g/mol. The first-order valence-corrected chi connectivity index (χ1v) is 6.55. The fourth-order valence-corrected chi connectivity index (χ4v) is 1.74. The van der Waals surface area contributed by atoms with E-state index in [4.69, 9.17) is 5.73 Å². The molecule has 0 aliphatic heterocycles. The van der Waals surface area contributed by atoms with E-state index < -0.39 is 6.04 Å². The van der Waals surface area contributed by atoms with Crippen molar-refractivity contribution in [1.29, 1.82) is 0 Å². The molecule has 1 amide bonds. The van der Waals surface area contributed by atoms with Crippen LogP contribution in [0, 0.1) is 5.92 Å². The predicted octanol–water partition coefficient (Wildman–Crippen LogP) is 1.26. The van der Waals surface area contributed by atoms with Crippen molar-refractivity contribution in [2.75, 3.05) is 6.54 Å². The normalized spacial score (nSPS) is 13.5. The van der Waals surface area contributed by atoms with Crippen LogP contribution >= 0.6 is 12.4 Å². The van der Waals surface area contributed by atoms with E-state index in [2.05, 4.69) is 10.4 Å². The summed E-state index contributed by atoms with van der Waals surface area (Å²) in [4.78, 5) is 11.7. The van der Waals surface area contributed by atoms with Crippen molar-refractivity contribution in [2.45, 2.75) is 39.2 Å². The molecular formula is C13H25ClN4O. The van der Waals surface area contributed by atoms with Gasteiger partial charge in [0.15, 0.2) is 0 Å². The molecule has 1 heterocycles. The molecule has 110 valence electrons. The standard InChI is InChI=1S/C13H24N4O.ClH/c1-4-10(2)12(14)13(18)15-7-5-6-11-8-16-17(3)9-11;/h8-10,12H,4-7,14H2,1-3H3,(H,15,18);1H/t10-,12-;/m0./s1. The van der Waals surface area contributed by atoms with Gasteiger partial charge < -0.3 is 11.1 Å². The maximum atomic E-state index is 11.7. The zero-order valence-corrected chi connectivity index (χ0v) is 12.7. The summed E-state index contributed by atoms with van der Waals surface area (Å²) in [5.41, 5.74) is 7.04. The van der Waals surface area contributed by atoms with Crippen LogP contribution in [0.5, 0.6) is 0 Å². The molecule has 3 N–H and O–H groups in total. The number of hydrogen-bond acceptors (Lipinski definition) is 3. The number of rotatable bonds is 7. The van der Waals surface area contributed by atoms with Gasteiger partial charge in [0.2, 0.25) is 5.91 Å². The Morgan fingerprint density at radius 3 is 2.79 bits per heavy atom. The van der Waals surface area contributed by atoms with Crippen molar-refractivity contribution in [3.8, 4) is 0 Å².